The van der Waals surface area contributed by atoms with Gasteiger partial charge in [0.1, 0.15) is 5.78 Å². The summed E-state index contributed by atoms with van der Waals surface area (Å²) in [6.07, 6.45) is 1.54. The van der Waals surface area contributed by atoms with Crippen LogP contribution in [0.2, 0.25) is 0 Å². The Morgan fingerprint density at radius 3 is 1.94 bits per heavy atom. The zero-order chi connectivity index (χ0) is 13.4. The van der Waals surface area contributed by atoms with Gasteiger partial charge < -0.3 is 10.2 Å². The molecule has 0 atom stereocenters. The Hall–Kier alpha value is -1.16. The van der Waals surface area contributed by atoms with Crippen LogP contribution in [-0.2, 0) is 9.59 Å². The van der Waals surface area contributed by atoms with Crippen LogP contribution in [0.3, 0.4) is 0 Å². The van der Waals surface area contributed by atoms with E-state index in [-0.39, 0.29) is 11.7 Å². The van der Waals surface area contributed by atoms with Crippen LogP contribution in [0.15, 0.2) is 12.7 Å². The number of ketones is 1. The smallest absolute Gasteiger partial charge is 0.243 e. The first-order valence-corrected chi connectivity index (χ1v) is 5.15. The molecule has 0 aliphatic heterocycles. The zero-order valence-corrected chi connectivity index (χ0v) is 11.3. The summed E-state index contributed by atoms with van der Waals surface area (Å²) in [6, 6.07) is 0. The third-order valence-electron chi connectivity index (χ3n) is 1.34. The molecule has 1 N–H and O–H groups in total. The summed E-state index contributed by atoms with van der Waals surface area (Å²) in [7, 11) is 6.00. The lowest BCUT2D eigenvalue weighted by Crippen LogP contribution is -2.43. The minimum Gasteiger partial charge on any atom is -0.347 e. The van der Waals surface area contributed by atoms with Crippen molar-refractivity contribution >= 4 is 11.7 Å². The molecule has 16 heavy (non-hydrogen) atoms. The Morgan fingerprint density at radius 2 is 1.69 bits per heavy atom. The molecule has 0 fully saturated rings. The lowest BCUT2D eigenvalue weighted by Gasteiger charge is -2.23. The Bertz CT molecular complexity index is 243. The highest BCUT2D eigenvalue weighted by Crippen LogP contribution is 2.08. The van der Waals surface area contributed by atoms with Gasteiger partial charge in [0.25, 0.3) is 0 Å². The van der Waals surface area contributed by atoms with Gasteiger partial charge >= 0.3 is 0 Å². The molecule has 0 radical (unpaired) electrons. The first-order chi connectivity index (χ1) is 7.10. The van der Waals surface area contributed by atoms with Crippen molar-refractivity contribution in [3.8, 4) is 0 Å². The topological polar surface area (TPSA) is 49.4 Å². The van der Waals surface area contributed by atoms with Crippen LogP contribution in [0, 0.1) is 0 Å². The van der Waals surface area contributed by atoms with E-state index < -0.39 is 5.54 Å². The zero-order valence-electron chi connectivity index (χ0n) is 11.3. The Labute approximate surface area is 98.7 Å². The molecule has 0 saturated carbocycles. The normalized spacial score (nSPS) is 10.2. The van der Waals surface area contributed by atoms with E-state index in [4.69, 9.17) is 0 Å². The highest BCUT2D eigenvalue weighted by Gasteiger charge is 2.20. The van der Waals surface area contributed by atoms with Crippen molar-refractivity contribution < 1.29 is 9.59 Å². The van der Waals surface area contributed by atoms with Crippen molar-refractivity contribution in [2.45, 2.75) is 32.7 Å². The molecule has 0 aromatic carbocycles. The summed E-state index contributed by atoms with van der Waals surface area (Å²) in [4.78, 5) is 23.6. The molecule has 0 unspecified atom stereocenters. The number of carbonyl (C=O) groups excluding carboxylic acids is 2. The van der Waals surface area contributed by atoms with Gasteiger partial charge in [-0.2, -0.15) is 0 Å². The molecule has 0 heterocycles. The summed E-state index contributed by atoms with van der Waals surface area (Å²) in [5, 5.41) is 2.66. The van der Waals surface area contributed by atoms with E-state index in [0.717, 1.165) is 0 Å². The second-order valence-electron chi connectivity index (χ2n) is 4.80. The molecule has 0 aromatic heterocycles. The molecule has 0 spiro atoms. The largest absolute Gasteiger partial charge is 0.347 e. The van der Waals surface area contributed by atoms with Gasteiger partial charge in [-0.1, -0.05) is 6.58 Å². The predicted octanol–water partition coefficient (Wildman–Crippen LogP) is 1.22. The fraction of sp³-hybridized carbons (Fsp3) is 0.667. The first-order valence-electron chi connectivity index (χ1n) is 5.15. The monoisotopic (exact) mass is 228 g/mol. The third-order valence-corrected chi connectivity index (χ3v) is 1.34. The quantitative estimate of drug-likeness (QED) is 0.736. The van der Waals surface area contributed by atoms with Gasteiger partial charge in [-0.05, 0) is 48.0 Å². The lowest BCUT2D eigenvalue weighted by atomic mass is 9.98. The van der Waals surface area contributed by atoms with Crippen LogP contribution in [0.5, 0.6) is 0 Å². The molecule has 0 aliphatic carbocycles. The van der Waals surface area contributed by atoms with E-state index in [2.05, 4.69) is 11.9 Å². The fourth-order valence-corrected chi connectivity index (χ4v) is 1.05. The molecule has 0 aliphatic rings. The number of rotatable bonds is 4. The molecule has 4 heteroatoms. The maximum atomic E-state index is 10.9. The van der Waals surface area contributed by atoms with Gasteiger partial charge in [0.05, 0.1) is 0 Å². The highest BCUT2D eigenvalue weighted by molar-refractivity contribution is 5.88. The second-order valence-corrected chi connectivity index (χ2v) is 4.80. The molecule has 1 amide bonds. The van der Waals surface area contributed by atoms with Crippen molar-refractivity contribution in [3.63, 3.8) is 0 Å². The van der Waals surface area contributed by atoms with Crippen LogP contribution < -0.4 is 5.32 Å². The van der Waals surface area contributed by atoms with Crippen LogP contribution in [0.25, 0.3) is 0 Å². The number of nitrogens with one attached hydrogen (secondary N) is 1. The maximum absolute atomic E-state index is 10.9. The van der Waals surface area contributed by atoms with Crippen molar-refractivity contribution in [3.05, 3.63) is 12.7 Å². The highest BCUT2D eigenvalue weighted by atomic mass is 16.1. The maximum Gasteiger partial charge on any atom is 0.243 e. The van der Waals surface area contributed by atoms with Gasteiger partial charge in [0.15, 0.2) is 0 Å². The Kier molecular flexibility index (Phi) is 8.67. The summed E-state index contributed by atoms with van der Waals surface area (Å²) in [5.74, 6) is -0.189. The van der Waals surface area contributed by atoms with Gasteiger partial charge in [-0.15, -0.1) is 0 Å². The van der Waals surface area contributed by atoms with E-state index in [1.54, 1.807) is 13.8 Å². The van der Waals surface area contributed by atoms with E-state index in [9.17, 15) is 9.59 Å². The minimum absolute atomic E-state index is 0.0596. The van der Waals surface area contributed by atoms with Crippen molar-refractivity contribution in [1.29, 1.82) is 0 Å². The average molecular weight is 228 g/mol. The minimum atomic E-state index is -0.475. The standard InChI is InChI=1S/C9H15NO2.C3H9N/c1-5-8(12)10-9(3,4)6-7(2)11;1-4(2)3/h5H,1,6H2,2-4H3,(H,10,12);1-3H3. The molecule has 0 bridgehead atoms. The lowest BCUT2D eigenvalue weighted by molar-refractivity contribution is -0.120. The SMILES string of the molecule is C=CC(=O)NC(C)(C)CC(C)=O.CN(C)C. The van der Waals surface area contributed by atoms with Crippen molar-refractivity contribution in [1.82, 2.24) is 10.2 Å². The number of Topliss-reactive ketones (excluding diaryl/α,β-unsaturated/α-hetero) is 1. The first kappa shape index (κ1) is 17.2. The predicted molar refractivity (Wildman–Crippen MR) is 67.3 cm³/mol. The Balaban J connectivity index is 0. The number of carbonyl (C=O) groups is 2. The van der Waals surface area contributed by atoms with Gasteiger partial charge in [-0.25, -0.2) is 0 Å². The van der Waals surface area contributed by atoms with E-state index in [1.807, 2.05) is 26.0 Å². The molecule has 0 rings (SSSR count). The van der Waals surface area contributed by atoms with Gasteiger partial charge in [0, 0.05) is 12.0 Å². The van der Waals surface area contributed by atoms with Gasteiger partial charge in [-0.3, -0.25) is 9.59 Å². The summed E-state index contributed by atoms with van der Waals surface area (Å²) < 4.78 is 0. The van der Waals surface area contributed by atoms with Crippen LogP contribution in [0.1, 0.15) is 27.2 Å². The molecule has 4 nitrogen and oxygen atoms in total. The second kappa shape index (κ2) is 8.05. The average Bonchev–Trinajstić information content (AvgIpc) is 1.99. The van der Waals surface area contributed by atoms with Gasteiger partial charge in [0.2, 0.25) is 5.91 Å². The summed E-state index contributed by atoms with van der Waals surface area (Å²) in [5.41, 5.74) is -0.475. The van der Waals surface area contributed by atoms with Crippen LogP contribution in [-0.4, -0.2) is 43.3 Å². The van der Waals surface area contributed by atoms with E-state index >= 15 is 0 Å². The molecule has 94 valence electrons. The number of hydrogen-bond acceptors (Lipinski definition) is 3. The summed E-state index contributed by atoms with van der Waals surface area (Å²) >= 11 is 0. The molecular formula is C12H24N2O2. The molecule has 0 aromatic rings. The van der Waals surface area contributed by atoms with Crippen LogP contribution in [0.4, 0.5) is 0 Å². The number of hydrogen-bond donors (Lipinski definition) is 1. The van der Waals surface area contributed by atoms with Crippen molar-refractivity contribution in [2.75, 3.05) is 21.1 Å². The third kappa shape index (κ3) is 15.3. The molecular weight excluding hydrogens is 204 g/mol. The fourth-order valence-electron chi connectivity index (χ4n) is 1.05. The van der Waals surface area contributed by atoms with E-state index in [0.29, 0.717) is 6.42 Å². The number of amides is 1. The molecule has 0 saturated heterocycles. The van der Waals surface area contributed by atoms with Crippen molar-refractivity contribution in [2.24, 2.45) is 0 Å². The number of nitrogens with zero attached hydrogens (tertiary/aromatic N) is 1. The van der Waals surface area contributed by atoms with E-state index in [1.165, 1.54) is 13.0 Å². The Morgan fingerprint density at radius 1 is 1.31 bits per heavy atom. The van der Waals surface area contributed by atoms with Crippen LogP contribution >= 0.6 is 0 Å². The summed E-state index contributed by atoms with van der Waals surface area (Å²) in [6.45, 7) is 8.43.